The lowest BCUT2D eigenvalue weighted by atomic mass is 10.1. The fraction of sp³-hybridized carbons (Fsp3) is 0.500. The van der Waals surface area contributed by atoms with Crippen molar-refractivity contribution < 1.29 is 14.3 Å². The van der Waals surface area contributed by atoms with Crippen LogP contribution in [0.1, 0.15) is 46.0 Å². The Hall–Kier alpha value is -1.78. The lowest BCUT2D eigenvalue weighted by molar-refractivity contribution is 0.0525. The molecule has 0 bridgehead atoms. The SMILES string of the molecule is CCNC(=O)c1[nH]c(C)c(C(=O)OCC)c1C. The predicted molar refractivity (Wildman–Crippen MR) is 64.2 cm³/mol. The van der Waals surface area contributed by atoms with Gasteiger partial charge in [-0.1, -0.05) is 0 Å². The number of aromatic amines is 1. The molecule has 0 aliphatic carbocycles. The fourth-order valence-electron chi connectivity index (χ4n) is 1.74. The van der Waals surface area contributed by atoms with E-state index >= 15 is 0 Å². The number of H-pyrrole nitrogens is 1. The summed E-state index contributed by atoms with van der Waals surface area (Å²) in [6.07, 6.45) is 0. The van der Waals surface area contributed by atoms with Gasteiger partial charge in [0.25, 0.3) is 5.91 Å². The molecule has 1 amide bonds. The normalized spacial score (nSPS) is 10.1. The highest BCUT2D eigenvalue weighted by Crippen LogP contribution is 2.18. The summed E-state index contributed by atoms with van der Waals surface area (Å²) >= 11 is 0. The second kappa shape index (κ2) is 5.52. The highest BCUT2D eigenvalue weighted by atomic mass is 16.5. The minimum Gasteiger partial charge on any atom is -0.462 e. The minimum atomic E-state index is -0.394. The Kier molecular flexibility index (Phi) is 4.31. The third kappa shape index (κ3) is 2.67. The van der Waals surface area contributed by atoms with E-state index in [0.717, 1.165) is 0 Å². The lowest BCUT2D eigenvalue weighted by Gasteiger charge is -2.03. The number of rotatable bonds is 4. The van der Waals surface area contributed by atoms with Gasteiger partial charge in [0, 0.05) is 12.2 Å². The van der Waals surface area contributed by atoms with E-state index in [0.29, 0.717) is 35.7 Å². The van der Waals surface area contributed by atoms with Crippen LogP contribution in [-0.2, 0) is 4.74 Å². The molecule has 0 spiro atoms. The number of hydrogen-bond acceptors (Lipinski definition) is 3. The summed E-state index contributed by atoms with van der Waals surface area (Å²) in [7, 11) is 0. The lowest BCUT2D eigenvalue weighted by Crippen LogP contribution is -2.23. The average Bonchev–Trinajstić information content (AvgIpc) is 2.55. The van der Waals surface area contributed by atoms with Crippen molar-refractivity contribution in [3.8, 4) is 0 Å². The van der Waals surface area contributed by atoms with E-state index < -0.39 is 5.97 Å². The molecule has 0 saturated carbocycles. The highest BCUT2D eigenvalue weighted by Gasteiger charge is 2.22. The van der Waals surface area contributed by atoms with Gasteiger partial charge in [0.05, 0.1) is 12.2 Å². The van der Waals surface area contributed by atoms with Crippen molar-refractivity contribution >= 4 is 11.9 Å². The molecule has 17 heavy (non-hydrogen) atoms. The Morgan fingerprint density at radius 1 is 1.29 bits per heavy atom. The number of hydrogen-bond donors (Lipinski definition) is 2. The van der Waals surface area contributed by atoms with Gasteiger partial charge in [-0.05, 0) is 33.3 Å². The van der Waals surface area contributed by atoms with Gasteiger partial charge in [0.1, 0.15) is 5.69 Å². The van der Waals surface area contributed by atoms with E-state index in [2.05, 4.69) is 10.3 Å². The maximum Gasteiger partial charge on any atom is 0.340 e. The zero-order chi connectivity index (χ0) is 13.0. The van der Waals surface area contributed by atoms with Crippen molar-refractivity contribution in [2.45, 2.75) is 27.7 Å². The van der Waals surface area contributed by atoms with Crippen molar-refractivity contribution in [3.63, 3.8) is 0 Å². The van der Waals surface area contributed by atoms with Gasteiger partial charge in [-0.15, -0.1) is 0 Å². The molecule has 0 aromatic carbocycles. The van der Waals surface area contributed by atoms with Crippen LogP contribution in [0.25, 0.3) is 0 Å². The second-order valence-electron chi connectivity index (χ2n) is 3.70. The number of carbonyl (C=O) groups is 2. The summed E-state index contributed by atoms with van der Waals surface area (Å²) < 4.78 is 4.95. The second-order valence-corrected chi connectivity index (χ2v) is 3.70. The van der Waals surface area contributed by atoms with E-state index in [9.17, 15) is 9.59 Å². The molecule has 1 aromatic heterocycles. The molecule has 5 nitrogen and oxygen atoms in total. The number of esters is 1. The summed E-state index contributed by atoms with van der Waals surface area (Å²) in [4.78, 5) is 26.3. The third-order valence-electron chi connectivity index (χ3n) is 2.48. The third-order valence-corrected chi connectivity index (χ3v) is 2.48. The molecule has 0 aliphatic heterocycles. The van der Waals surface area contributed by atoms with Gasteiger partial charge in [-0.25, -0.2) is 4.79 Å². The van der Waals surface area contributed by atoms with Crippen LogP contribution in [0, 0.1) is 13.8 Å². The Morgan fingerprint density at radius 2 is 1.94 bits per heavy atom. The number of aromatic nitrogens is 1. The van der Waals surface area contributed by atoms with Crippen LogP contribution in [0.4, 0.5) is 0 Å². The van der Waals surface area contributed by atoms with Gasteiger partial charge in [0.2, 0.25) is 0 Å². The quantitative estimate of drug-likeness (QED) is 0.782. The Bertz CT molecular complexity index is 435. The van der Waals surface area contributed by atoms with Crippen molar-refractivity contribution in [2.24, 2.45) is 0 Å². The van der Waals surface area contributed by atoms with Crippen LogP contribution < -0.4 is 5.32 Å². The summed E-state index contributed by atoms with van der Waals surface area (Å²) in [5, 5.41) is 2.69. The van der Waals surface area contributed by atoms with Crippen molar-refractivity contribution in [1.29, 1.82) is 0 Å². The maximum atomic E-state index is 11.7. The number of carbonyl (C=O) groups excluding carboxylic acids is 2. The van der Waals surface area contributed by atoms with Gasteiger partial charge >= 0.3 is 5.97 Å². The Balaban J connectivity index is 3.09. The summed E-state index contributed by atoms with van der Waals surface area (Å²) in [5.41, 5.74) is 2.16. The van der Waals surface area contributed by atoms with Crippen LogP contribution in [0.3, 0.4) is 0 Å². The topological polar surface area (TPSA) is 71.2 Å². The predicted octanol–water partition coefficient (Wildman–Crippen LogP) is 1.56. The number of ether oxygens (including phenoxy) is 1. The van der Waals surface area contributed by atoms with Crippen LogP contribution in [0.2, 0.25) is 0 Å². The summed E-state index contributed by atoms with van der Waals surface area (Å²) in [6, 6.07) is 0. The molecule has 0 aliphatic rings. The molecule has 1 rings (SSSR count). The van der Waals surface area contributed by atoms with Crippen molar-refractivity contribution in [1.82, 2.24) is 10.3 Å². The molecular formula is C12H18N2O3. The van der Waals surface area contributed by atoms with Crippen LogP contribution in [0.15, 0.2) is 0 Å². The average molecular weight is 238 g/mol. The largest absolute Gasteiger partial charge is 0.462 e. The molecule has 1 heterocycles. The van der Waals surface area contributed by atoms with E-state index in [1.54, 1.807) is 20.8 Å². The molecule has 0 unspecified atom stereocenters. The minimum absolute atomic E-state index is 0.205. The first kappa shape index (κ1) is 13.3. The summed E-state index contributed by atoms with van der Waals surface area (Å²) in [5.74, 6) is -0.599. The number of nitrogens with one attached hydrogen (secondary N) is 2. The van der Waals surface area contributed by atoms with Crippen LogP contribution in [0.5, 0.6) is 0 Å². The first-order valence-electron chi connectivity index (χ1n) is 5.67. The van der Waals surface area contributed by atoms with E-state index in [4.69, 9.17) is 4.74 Å². The van der Waals surface area contributed by atoms with E-state index in [1.807, 2.05) is 6.92 Å². The molecular weight excluding hydrogens is 220 g/mol. The first-order chi connectivity index (χ1) is 8.02. The molecule has 0 fully saturated rings. The standard InChI is InChI=1S/C12H18N2O3/c1-5-13-11(15)10-7(3)9(8(4)14-10)12(16)17-6-2/h14H,5-6H2,1-4H3,(H,13,15). The van der Waals surface area contributed by atoms with Crippen LogP contribution in [-0.4, -0.2) is 30.0 Å². The van der Waals surface area contributed by atoms with Gasteiger partial charge in [-0.2, -0.15) is 0 Å². The fourth-order valence-corrected chi connectivity index (χ4v) is 1.74. The molecule has 94 valence electrons. The molecule has 5 heteroatoms. The maximum absolute atomic E-state index is 11.7. The van der Waals surface area contributed by atoms with Gasteiger partial charge in [0.15, 0.2) is 0 Å². The smallest absolute Gasteiger partial charge is 0.340 e. The number of aryl methyl sites for hydroxylation is 1. The highest BCUT2D eigenvalue weighted by molar-refractivity contribution is 6.00. The molecule has 1 aromatic rings. The molecule has 2 N–H and O–H groups in total. The monoisotopic (exact) mass is 238 g/mol. The van der Waals surface area contributed by atoms with Gasteiger partial charge in [-0.3, -0.25) is 4.79 Å². The first-order valence-corrected chi connectivity index (χ1v) is 5.67. The van der Waals surface area contributed by atoms with Crippen molar-refractivity contribution in [2.75, 3.05) is 13.2 Å². The van der Waals surface area contributed by atoms with E-state index in [-0.39, 0.29) is 5.91 Å². The molecule has 0 atom stereocenters. The Labute approximate surface area is 101 Å². The molecule has 0 saturated heterocycles. The zero-order valence-corrected chi connectivity index (χ0v) is 10.6. The Morgan fingerprint density at radius 3 is 2.47 bits per heavy atom. The van der Waals surface area contributed by atoms with E-state index in [1.165, 1.54) is 0 Å². The summed E-state index contributed by atoms with van der Waals surface area (Å²) in [6.45, 7) is 7.95. The zero-order valence-electron chi connectivity index (χ0n) is 10.6. The van der Waals surface area contributed by atoms with Crippen molar-refractivity contribution in [3.05, 3.63) is 22.5 Å². The van der Waals surface area contributed by atoms with Gasteiger partial charge < -0.3 is 15.0 Å². The number of amides is 1. The molecule has 0 radical (unpaired) electrons. The van der Waals surface area contributed by atoms with Crippen LogP contribution >= 0.6 is 0 Å².